The average molecular weight is 293 g/mol. The standard InChI is InChI=1S/C18H17N2O2/c1-12(2)17-16-15(13-8-4-3-5-9-13)19-11-7-6-10-14(19)20(16)18(21)22-17/h3-12,17H,1-2H3. The maximum absolute atomic E-state index is 12.4. The van der Waals surface area contributed by atoms with Crippen LogP contribution in [0.5, 0.6) is 0 Å². The Kier molecular flexibility index (Phi) is 2.86. The molecule has 0 spiro atoms. The van der Waals surface area contributed by atoms with Crippen LogP contribution in [0.3, 0.4) is 0 Å². The van der Waals surface area contributed by atoms with Gasteiger partial charge in [0.05, 0.1) is 17.9 Å². The number of cyclic esters (lactones) is 1. The van der Waals surface area contributed by atoms with Crippen LogP contribution in [0.2, 0.25) is 0 Å². The fraction of sp³-hybridized carbons (Fsp3) is 0.222. The van der Waals surface area contributed by atoms with Crippen molar-refractivity contribution in [3.05, 3.63) is 72.2 Å². The lowest BCUT2D eigenvalue weighted by Gasteiger charge is -2.25. The molecule has 3 aliphatic heterocycles. The fourth-order valence-corrected chi connectivity index (χ4v) is 3.16. The minimum atomic E-state index is -0.292. The average Bonchev–Trinajstić information content (AvgIpc) is 3.04. The van der Waals surface area contributed by atoms with Crippen molar-refractivity contribution >= 4 is 11.8 Å². The summed E-state index contributed by atoms with van der Waals surface area (Å²) in [5.41, 5.74) is 3.06. The van der Waals surface area contributed by atoms with Gasteiger partial charge in [-0.25, -0.2) is 9.69 Å². The highest BCUT2D eigenvalue weighted by Crippen LogP contribution is 2.47. The number of carbonyl (C=O) groups is 1. The number of benzene rings is 1. The van der Waals surface area contributed by atoms with Crippen molar-refractivity contribution in [2.45, 2.75) is 20.0 Å². The molecule has 0 bridgehead atoms. The molecule has 4 nitrogen and oxygen atoms in total. The summed E-state index contributed by atoms with van der Waals surface area (Å²) >= 11 is 0. The second-order valence-electron chi connectivity index (χ2n) is 5.91. The van der Waals surface area contributed by atoms with E-state index in [4.69, 9.17) is 4.74 Å². The van der Waals surface area contributed by atoms with Crippen LogP contribution in [0, 0.1) is 12.5 Å². The summed E-state index contributed by atoms with van der Waals surface area (Å²) in [4.78, 5) is 16.1. The molecule has 1 aromatic rings. The van der Waals surface area contributed by atoms with Crippen LogP contribution >= 0.6 is 0 Å². The van der Waals surface area contributed by atoms with Gasteiger partial charge in [0.25, 0.3) is 0 Å². The number of allylic oxidation sites excluding steroid dienone is 2. The van der Waals surface area contributed by atoms with Crippen LogP contribution in [0.15, 0.2) is 60.1 Å². The molecule has 1 saturated heterocycles. The van der Waals surface area contributed by atoms with Gasteiger partial charge in [-0.15, -0.1) is 0 Å². The predicted molar refractivity (Wildman–Crippen MR) is 83.7 cm³/mol. The molecule has 4 rings (SSSR count). The van der Waals surface area contributed by atoms with Crippen molar-refractivity contribution in [1.29, 1.82) is 0 Å². The zero-order chi connectivity index (χ0) is 15.3. The summed E-state index contributed by atoms with van der Waals surface area (Å²) in [6, 6.07) is 10.1. The first kappa shape index (κ1) is 13.2. The van der Waals surface area contributed by atoms with Gasteiger partial charge in [0, 0.05) is 5.56 Å². The van der Waals surface area contributed by atoms with Crippen molar-refractivity contribution in [1.82, 2.24) is 9.80 Å². The quantitative estimate of drug-likeness (QED) is 0.833. The van der Waals surface area contributed by atoms with Gasteiger partial charge in [0.1, 0.15) is 11.9 Å². The van der Waals surface area contributed by atoms with E-state index in [1.54, 1.807) is 4.90 Å². The van der Waals surface area contributed by atoms with E-state index in [0.29, 0.717) is 0 Å². The van der Waals surface area contributed by atoms with E-state index in [1.165, 1.54) is 0 Å². The SMILES string of the molecule is CC(C)C1OC(=O)N2C3=CC=C[CH]N3C(c3ccccc3)=C12. The van der Waals surface area contributed by atoms with Gasteiger partial charge in [-0.05, 0) is 12.0 Å². The van der Waals surface area contributed by atoms with Crippen molar-refractivity contribution in [3.8, 4) is 0 Å². The van der Waals surface area contributed by atoms with Gasteiger partial charge < -0.3 is 9.64 Å². The fourth-order valence-electron chi connectivity index (χ4n) is 3.16. The first-order valence-corrected chi connectivity index (χ1v) is 7.50. The number of amides is 1. The van der Waals surface area contributed by atoms with E-state index >= 15 is 0 Å². The molecule has 0 aromatic heterocycles. The summed E-state index contributed by atoms with van der Waals surface area (Å²) < 4.78 is 5.61. The first-order chi connectivity index (χ1) is 10.7. The molecular weight excluding hydrogens is 276 g/mol. The van der Waals surface area contributed by atoms with Gasteiger partial charge in [0.2, 0.25) is 0 Å². The molecule has 1 radical (unpaired) electrons. The Morgan fingerprint density at radius 3 is 2.64 bits per heavy atom. The first-order valence-electron chi connectivity index (χ1n) is 7.50. The number of nitrogens with zero attached hydrogens (tertiary/aromatic N) is 2. The Bertz CT molecular complexity index is 716. The third-order valence-electron chi connectivity index (χ3n) is 4.12. The summed E-state index contributed by atoms with van der Waals surface area (Å²) in [6.45, 7) is 6.14. The zero-order valence-corrected chi connectivity index (χ0v) is 12.6. The monoisotopic (exact) mass is 293 g/mol. The Morgan fingerprint density at radius 1 is 1.14 bits per heavy atom. The Hall–Kier alpha value is -2.49. The predicted octanol–water partition coefficient (Wildman–Crippen LogP) is 3.72. The molecule has 0 N–H and O–H groups in total. The molecule has 1 atom stereocenters. The molecule has 1 unspecified atom stereocenters. The summed E-state index contributed by atoms with van der Waals surface area (Å²) in [5, 5.41) is 0. The van der Waals surface area contributed by atoms with E-state index in [2.05, 4.69) is 30.9 Å². The number of rotatable bonds is 2. The van der Waals surface area contributed by atoms with Gasteiger partial charge in [-0.1, -0.05) is 56.3 Å². The van der Waals surface area contributed by atoms with Crippen molar-refractivity contribution < 1.29 is 9.53 Å². The molecule has 22 heavy (non-hydrogen) atoms. The number of hydrogen-bond donors (Lipinski definition) is 0. The van der Waals surface area contributed by atoms with Crippen LogP contribution in [-0.2, 0) is 4.74 Å². The topological polar surface area (TPSA) is 32.8 Å². The molecule has 0 aliphatic carbocycles. The number of ether oxygens (including phenoxy) is 1. The minimum Gasteiger partial charge on any atom is -0.439 e. The highest BCUT2D eigenvalue weighted by atomic mass is 16.6. The molecular formula is C18H17N2O2. The Labute approximate surface area is 130 Å². The number of hydrogen-bond acceptors (Lipinski definition) is 3. The van der Waals surface area contributed by atoms with Gasteiger partial charge in [-0.2, -0.15) is 0 Å². The Morgan fingerprint density at radius 2 is 1.91 bits per heavy atom. The highest BCUT2D eigenvalue weighted by Gasteiger charge is 2.49. The van der Waals surface area contributed by atoms with E-state index in [1.807, 2.05) is 43.0 Å². The summed E-state index contributed by atoms with van der Waals surface area (Å²) in [5.74, 6) is 1.06. The molecule has 3 heterocycles. The van der Waals surface area contributed by atoms with Crippen LogP contribution in [-0.4, -0.2) is 22.0 Å². The molecule has 4 heteroatoms. The van der Waals surface area contributed by atoms with Gasteiger partial charge in [-0.3, -0.25) is 0 Å². The highest BCUT2D eigenvalue weighted by molar-refractivity contribution is 5.86. The molecule has 1 aromatic carbocycles. The van der Waals surface area contributed by atoms with Gasteiger partial charge in [0.15, 0.2) is 0 Å². The molecule has 111 valence electrons. The van der Waals surface area contributed by atoms with Crippen LogP contribution in [0.25, 0.3) is 5.70 Å². The lowest BCUT2D eigenvalue weighted by atomic mass is 10.00. The maximum Gasteiger partial charge on any atom is 0.420 e. The molecule has 1 amide bonds. The van der Waals surface area contributed by atoms with E-state index in [-0.39, 0.29) is 18.1 Å². The number of carbonyl (C=O) groups excluding carboxylic acids is 1. The van der Waals surface area contributed by atoms with Crippen LogP contribution in [0.1, 0.15) is 19.4 Å². The van der Waals surface area contributed by atoms with Crippen molar-refractivity contribution in [2.75, 3.05) is 0 Å². The van der Waals surface area contributed by atoms with E-state index < -0.39 is 0 Å². The smallest absolute Gasteiger partial charge is 0.420 e. The normalized spacial score (nSPS) is 23.0. The molecule has 1 fully saturated rings. The number of fused-ring (bicyclic) bond motifs is 3. The van der Waals surface area contributed by atoms with Gasteiger partial charge >= 0.3 is 6.09 Å². The second kappa shape index (κ2) is 4.77. The summed E-state index contributed by atoms with van der Waals surface area (Å²) in [7, 11) is 0. The third kappa shape index (κ3) is 1.73. The van der Waals surface area contributed by atoms with Crippen LogP contribution < -0.4 is 0 Å². The second-order valence-corrected chi connectivity index (χ2v) is 5.91. The third-order valence-corrected chi connectivity index (χ3v) is 4.12. The van der Waals surface area contributed by atoms with Crippen molar-refractivity contribution in [3.63, 3.8) is 0 Å². The minimum absolute atomic E-state index is 0.220. The largest absolute Gasteiger partial charge is 0.439 e. The van der Waals surface area contributed by atoms with E-state index in [0.717, 1.165) is 22.8 Å². The molecule has 3 aliphatic rings. The lowest BCUT2D eigenvalue weighted by molar-refractivity contribution is 0.115. The Balaban J connectivity index is 1.94. The lowest BCUT2D eigenvalue weighted by Crippen LogP contribution is -2.26. The van der Waals surface area contributed by atoms with Crippen LogP contribution in [0.4, 0.5) is 4.79 Å². The molecule has 0 saturated carbocycles. The zero-order valence-electron chi connectivity index (χ0n) is 12.6. The van der Waals surface area contributed by atoms with E-state index in [9.17, 15) is 4.79 Å². The van der Waals surface area contributed by atoms with Crippen molar-refractivity contribution in [2.24, 2.45) is 5.92 Å². The maximum atomic E-state index is 12.4. The summed E-state index contributed by atoms with van der Waals surface area (Å²) in [6.07, 6.45) is 5.35.